The van der Waals surface area contributed by atoms with Gasteiger partial charge in [0.2, 0.25) is 0 Å². The maximum Gasteiger partial charge on any atom is 0.155 e. The third kappa shape index (κ3) is 3.48. The van der Waals surface area contributed by atoms with Gasteiger partial charge in [-0.1, -0.05) is 48.6 Å². The zero-order valence-corrected chi connectivity index (χ0v) is 17.8. The fraction of sp³-hybridized carbons (Fsp3) is 0.192. The van der Waals surface area contributed by atoms with E-state index in [9.17, 15) is 0 Å². The normalized spacial score (nSPS) is 16.2. The molecule has 2 aliphatic rings. The van der Waals surface area contributed by atoms with Crippen molar-refractivity contribution < 1.29 is 0 Å². The maximum absolute atomic E-state index is 5.04. The lowest BCUT2D eigenvalue weighted by molar-refractivity contribution is 0.249. The van der Waals surface area contributed by atoms with Gasteiger partial charge in [0.15, 0.2) is 5.65 Å². The Kier molecular flexibility index (Phi) is 4.77. The number of hydrogen-bond acceptors (Lipinski definition) is 5. The molecule has 0 atom stereocenters. The van der Waals surface area contributed by atoms with Crippen molar-refractivity contribution >= 4 is 17.0 Å². The number of fused-ring (bicyclic) bond motifs is 1. The van der Waals surface area contributed by atoms with Crippen LogP contribution < -0.4 is 4.90 Å². The molecule has 32 heavy (non-hydrogen) atoms. The van der Waals surface area contributed by atoms with E-state index in [0.717, 1.165) is 66.7 Å². The Labute approximate surface area is 187 Å². The summed E-state index contributed by atoms with van der Waals surface area (Å²) in [4.78, 5) is 14.0. The van der Waals surface area contributed by atoms with Crippen molar-refractivity contribution in [3.05, 3.63) is 96.5 Å². The van der Waals surface area contributed by atoms with Gasteiger partial charge in [0.05, 0.1) is 5.69 Å². The summed E-state index contributed by atoms with van der Waals surface area (Å²) in [5, 5.41) is 5.04. The first-order chi connectivity index (χ1) is 15.8. The van der Waals surface area contributed by atoms with Crippen LogP contribution >= 0.6 is 0 Å². The molecule has 0 N–H and O–H groups in total. The van der Waals surface area contributed by atoms with E-state index in [-0.39, 0.29) is 0 Å². The van der Waals surface area contributed by atoms with Gasteiger partial charge in [-0.15, -0.1) is 5.10 Å². The fourth-order valence-electron chi connectivity index (χ4n) is 4.39. The predicted molar refractivity (Wildman–Crippen MR) is 127 cm³/mol. The molecule has 158 valence electrons. The highest BCUT2D eigenvalue weighted by molar-refractivity contribution is 5.88. The van der Waals surface area contributed by atoms with Crippen molar-refractivity contribution in [2.45, 2.75) is 6.54 Å². The molecule has 0 saturated carbocycles. The molecule has 1 saturated heterocycles. The van der Waals surface area contributed by atoms with E-state index in [2.05, 4.69) is 69.4 Å². The van der Waals surface area contributed by atoms with E-state index >= 15 is 0 Å². The monoisotopic (exact) mass is 420 g/mol. The second kappa shape index (κ2) is 8.05. The molecule has 0 unspecified atom stereocenters. The van der Waals surface area contributed by atoms with Crippen LogP contribution in [0.25, 0.3) is 22.5 Å². The van der Waals surface area contributed by atoms with Crippen LogP contribution in [0.15, 0.2) is 85.2 Å². The number of imidazole rings is 1. The summed E-state index contributed by atoms with van der Waals surface area (Å²) in [5.41, 5.74) is 6.42. The van der Waals surface area contributed by atoms with Crippen LogP contribution in [0.4, 0.5) is 5.82 Å². The largest absolute Gasteiger partial charge is 0.353 e. The summed E-state index contributed by atoms with van der Waals surface area (Å²) in [7, 11) is 0. The Hall–Kier alpha value is -3.77. The fourth-order valence-corrected chi connectivity index (χ4v) is 4.39. The van der Waals surface area contributed by atoms with Gasteiger partial charge in [-0.2, -0.15) is 0 Å². The van der Waals surface area contributed by atoms with Gasteiger partial charge in [-0.3, -0.25) is 9.88 Å². The molecule has 4 aromatic rings. The lowest BCUT2D eigenvalue weighted by Gasteiger charge is -2.35. The van der Waals surface area contributed by atoms with Gasteiger partial charge in [0.25, 0.3) is 0 Å². The van der Waals surface area contributed by atoms with E-state index in [4.69, 9.17) is 10.1 Å². The summed E-state index contributed by atoms with van der Waals surface area (Å²) in [6.07, 6.45) is 9.88. The molecule has 1 aromatic carbocycles. The number of hydrogen-bond donors (Lipinski definition) is 0. The van der Waals surface area contributed by atoms with Crippen molar-refractivity contribution in [1.29, 1.82) is 0 Å². The molecule has 1 fully saturated rings. The Balaban J connectivity index is 1.28. The Morgan fingerprint density at radius 2 is 1.62 bits per heavy atom. The SMILES string of the molecule is C1=CC(c2nc3ccc(N4CCN(Cc5ccccc5)CC4)nn3c2-c2ccncc2)=C1. The van der Waals surface area contributed by atoms with E-state index in [1.165, 1.54) is 5.56 Å². The average Bonchev–Trinajstić information content (AvgIpc) is 3.17. The van der Waals surface area contributed by atoms with Crippen LogP contribution in [0, 0.1) is 0 Å². The third-order valence-corrected chi connectivity index (χ3v) is 6.19. The number of rotatable bonds is 5. The highest BCUT2D eigenvalue weighted by Crippen LogP contribution is 2.33. The number of allylic oxidation sites excluding steroid dienone is 4. The zero-order valence-electron chi connectivity index (χ0n) is 17.8. The molecule has 1 aliphatic heterocycles. The average molecular weight is 421 g/mol. The third-order valence-electron chi connectivity index (χ3n) is 6.19. The number of benzene rings is 1. The Bertz CT molecular complexity index is 1300. The number of aromatic nitrogens is 4. The molecule has 3 aromatic heterocycles. The van der Waals surface area contributed by atoms with Crippen molar-refractivity contribution in [2.75, 3.05) is 31.1 Å². The zero-order chi connectivity index (χ0) is 21.3. The second-order valence-electron chi connectivity index (χ2n) is 8.24. The molecule has 0 bridgehead atoms. The minimum absolute atomic E-state index is 0.861. The molecule has 4 heterocycles. The van der Waals surface area contributed by atoms with Gasteiger partial charge in [0.1, 0.15) is 11.5 Å². The van der Waals surface area contributed by atoms with Crippen molar-refractivity contribution in [3.8, 4) is 11.3 Å². The van der Waals surface area contributed by atoms with Crippen LogP contribution in [-0.2, 0) is 6.54 Å². The summed E-state index contributed by atoms with van der Waals surface area (Å²) >= 11 is 0. The topological polar surface area (TPSA) is 49.6 Å². The van der Waals surface area contributed by atoms with Gasteiger partial charge < -0.3 is 4.90 Å². The molecule has 0 spiro atoms. The van der Waals surface area contributed by atoms with Crippen molar-refractivity contribution in [3.63, 3.8) is 0 Å². The van der Waals surface area contributed by atoms with Crippen LogP contribution in [0.5, 0.6) is 0 Å². The molecular formula is C26H24N6. The summed E-state index contributed by atoms with van der Waals surface area (Å²) in [6, 6.07) is 18.9. The Morgan fingerprint density at radius 1 is 0.844 bits per heavy atom. The summed E-state index contributed by atoms with van der Waals surface area (Å²) in [6.45, 7) is 4.98. The number of nitrogens with zero attached hydrogens (tertiary/aromatic N) is 6. The molecule has 6 rings (SSSR count). The quantitative estimate of drug-likeness (QED) is 0.487. The summed E-state index contributed by atoms with van der Waals surface area (Å²) in [5.74, 6) is 0.995. The molecule has 0 radical (unpaired) electrons. The minimum Gasteiger partial charge on any atom is -0.353 e. The van der Waals surface area contributed by atoms with Crippen LogP contribution in [0.1, 0.15) is 11.3 Å². The predicted octanol–water partition coefficient (Wildman–Crippen LogP) is 4.07. The van der Waals surface area contributed by atoms with E-state index in [0.29, 0.717) is 0 Å². The van der Waals surface area contributed by atoms with Crippen molar-refractivity contribution in [2.24, 2.45) is 0 Å². The lowest BCUT2D eigenvalue weighted by Crippen LogP contribution is -2.46. The molecule has 6 heteroatoms. The number of pyridine rings is 1. The summed E-state index contributed by atoms with van der Waals surface area (Å²) < 4.78 is 1.99. The number of piperazine rings is 1. The first kappa shape index (κ1) is 19.0. The first-order valence-corrected chi connectivity index (χ1v) is 11.1. The molecule has 6 nitrogen and oxygen atoms in total. The van der Waals surface area contributed by atoms with Gasteiger partial charge in [0, 0.05) is 56.3 Å². The first-order valence-electron chi connectivity index (χ1n) is 11.1. The molecule has 0 amide bonds. The van der Waals surface area contributed by atoms with E-state index in [1.807, 2.05) is 35.1 Å². The van der Waals surface area contributed by atoms with Gasteiger partial charge in [-0.25, -0.2) is 9.50 Å². The van der Waals surface area contributed by atoms with E-state index in [1.54, 1.807) is 0 Å². The smallest absolute Gasteiger partial charge is 0.155 e. The Morgan fingerprint density at radius 3 is 2.34 bits per heavy atom. The standard InChI is InChI=1S/C26H24N6/c1-2-5-20(6-3-1)19-30-15-17-31(18-16-30)24-10-9-23-28-25(21-7-4-8-21)26(32(23)29-24)22-11-13-27-14-12-22/h1-14H,15-19H2. The lowest BCUT2D eigenvalue weighted by atomic mass is 10.0. The van der Waals surface area contributed by atoms with Crippen LogP contribution in [0.3, 0.4) is 0 Å². The van der Waals surface area contributed by atoms with Crippen LogP contribution in [-0.4, -0.2) is 50.7 Å². The number of anilines is 1. The van der Waals surface area contributed by atoms with Gasteiger partial charge in [-0.05, 0) is 29.8 Å². The maximum atomic E-state index is 5.04. The van der Waals surface area contributed by atoms with Crippen LogP contribution in [0.2, 0.25) is 0 Å². The molecular weight excluding hydrogens is 396 g/mol. The second-order valence-corrected chi connectivity index (χ2v) is 8.24. The van der Waals surface area contributed by atoms with E-state index < -0.39 is 0 Å². The molecule has 1 aliphatic carbocycles. The highest BCUT2D eigenvalue weighted by Gasteiger charge is 2.22. The van der Waals surface area contributed by atoms with Gasteiger partial charge >= 0.3 is 0 Å². The van der Waals surface area contributed by atoms with Crippen molar-refractivity contribution in [1.82, 2.24) is 24.5 Å². The minimum atomic E-state index is 0.861. The highest BCUT2D eigenvalue weighted by atomic mass is 15.4.